The molecule has 1 amide bonds. The first-order chi connectivity index (χ1) is 12.3. The second-order valence-corrected chi connectivity index (χ2v) is 7.74. The Morgan fingerprint density at radius 3 is 2.31 bits per heavy atom. The van der Waals surface area contributed by atoms with Crippen LogP contribution >= 0.6 is 11.6 Å². The van der Waals surface area contributed by atoms with Gasteiger partial charge in [-0.15, -0.1) is 0 Å². The van der Waals surface area contributed by atoms with Gasteiger partial charge in [0.15, 0.2) is 0 Å². The van der Waals surface area contributed by atoms with Crippen molar-refractivity contribution >= 4 is 27.5 Å². The summed E-state index contributed by atoms with van der Waals surface area (Å²) in [6.45, 7) is 4.11. The minimum Gasteiger partial charge on any atom is -0.494 e. The van der Waals surface area contributed by atoms with Gasteiger partial charge in [-0.3, -0.25) is 4.79 Å². The van der Waals surface area contributed by atoms with Crippen LogP contribution in [0.25, 0.3) is 0 Å². The van der Waals surface area contributed by atoms with Crippen molar-refractivity contribution in [3.05, 3.63) is 59.1 Å². The molecule has 0 aliphatic carbocycles. The van der Waals surface area contributed by atoms with E-state index in [1.807, 2.05) is 6.92 Å². The highest BCUT2D eigenvalue weighted by Crippen LogP contribution is 2.16. The van der Waals surface area contributed by atoms with Crippen LogP contribution in [0.15, 0.2) is 53.4 Å². The fourth-order valence-corrected chi connectivity index (χ4v) is 3.51. The number of nitrogens with one attached hydrogen (secondary N) is 2. The van der Waals surface area contributed by atoms with Crippen LogP contribution in [0.5, 0.6) is 5.75 Å². The van der Waals surface area contributed by atoms with Gasteiger partial charge >= 0.3 is 0 Å². The number of sulfonamides is 1. The third kappa shape index (κ3) is 5.72. The average Bonchev–Trinajstić information content (AvgIpc) is 2.61. The lowest BCUT2D eigenvalue weighted by molar-refractivity contribution is -0.122. The molecule has 1 atom stereocenters. The highest BCUT2D eigenvalue weighted by atomic mass is 35.5. The van der Waals surface area contributed by atoms with Gasteiger partial charge in [0, 0.05) is 11.6 Å². The maximum Gasteiger partial charge on any atom is 0.241 e. The summed E-state index contributed by atoms with van der Waals surface area (Å²) in [5.74, 6) is 0.162. The summed E-state index contributed by atoms with van der Waals surface area (Å²) >= 11 is 5.81. The predicted octanol–water partition coefficient (Wildman–Crippen LogP) is 2.72. The van der Waals surface area contributed by atoms with Gasteiger partial charge in [-0.2, -0.15) is 4.72 Å². The van der Waals surface area contributed by atoms with Gasteiger partial charge in [0.05, 0.1) is 17.5 Å². The van der Waals surface area contributed by atoms with Crippen LogP contribution in [0.2, 0.25) is 5.02 Å². The fraction of sp³-hybridized carbons (Fsp3) is 0.278. The maximum atomic E-state index is 12.4. The third-order valence-corrected chi connectivity index (χ3v) is 5.36. The Morgan fingerprint density at radius 1 is 1.12 bits per heavy atom. The Labute approximate surface area is 158 Å². The zero-order valence-corrected chi connectivity index (χ0v) is 16.1. The number of ether oxygens (including phenoxy) is 1. The molecule has 2 rings (SSSR count). The lowest BCUT2D eigenvalue weighted by Crippen LogP contribution is -2.44. The molecule has 8 heteroatoms. The topological polar surface area (TPSA) is 84.5 Å². The van der Waals surface area contributed by atoms with Gasteiger partial charge < -0.3 is 10.1 Å². The van der Waals surface area contributed by atoms with E-state index in [9.17, 15) is 13.2 Å². The Kier molecular flexibility index (Phi) is 7.02. The molecule has 26 heavy (non-hydrogen) atoms. The Hall–Kier alpha value is -2.09. The lowest BCUT2D eigenvalue weighted by atomic mass is 10.2. The number of hydrogen-bond acceptors (Lipinski definition) is 4. The molecule has 6 nitrogen and oxygen atoms in total. The number of carbonyl (C=O) groups is 1. The van der Waals surface area contributed by atoms with Crippen molar-refractivity contribution in [2.45, 2.75) is 31.3 Å². The molecule has 0 fully saturated rings. The second-order valence-electron chi connectivity index (χ2n) is 5.59. The fourth-order valence-electron chi connectivity index (χ4n) is 2.18. The second kappa shape index (κ2) is 9.02. The maximum absolute atomic E-state index is 12.4. The number of rotatable bonds is 8. The summed E-state index contributed by atoms with van der Waals surface area (Å²) in [7, 11) is -3.81. The number of halogens is 1. The van der Waals surface area contributed by atoms with Crippen LogP contribution in [0, 0.1) is 0 Å². The van der Waals surface area contributed by atoms with Crippen LogP contribution in [-0.2, 0) is 21.4 Å². The normalized spacial score (nSPS) is 12.4. The predicted molar refractivity (Wildman–Crippen MR) is 101 cm³/mol. The summed E-state index contributed by atoms with van der Waals surface area (Å²) in [6.07, 6.45) is 0. The van der Waals surface area contributed by atoms with Gasteiger partial charge in [-0.1, -0.05) is 23.7 Å². The van der Waals surface area contributed by atoms with Crippen LogP contribution in [0.4, 0.5) is 0 Å². The molecule has 2 aromatic carbocycles. The quantitative estimate of drug-likeness (QED) is 0.718. The van der Waals surface area contributed by atoms with E-state index in [1.165, 1.54) is 19.1 Å². The van der Waals surface area contributed by atoms with Crippen molar-refractivity contribution in [3.8, 4) is 5.75 Å². The van der Waals surface area contributed by atoms with Crippen molar-refractivity contribution in [2.24, 2.45) is 0 Å². The minimum atomic E-state index is -3.81. The zero-order chi connectivity index (χ0) is 19.2. The molecular formula is C18H21ClN2O4S. The molecule has 0 heterocycles. The van der Waals surface area contributed by atoms with Crippen LogP contribution in [0.1, 0.15) is 19.4 Å². The molecule has 0 aliphatic heterocycles. The van der Waals surface area contributed by atoms with Crippen molar-refractivity contribution in [3.63, 3.8) is 0 Å². The van der Waals surface area contributed by atoms with Gasteiger partial charge in [0.25, 0.3) is 0 Å². The van der Waals surface area contributed by atoms with E-state index in [-0.39, 0.29) is 11.4 Å². The summed E-state index contributed by atoms with van der Waals surface area (Å²) in [5, 5.41) is 3.30. The zero-order valence-electron chi connectivity index (χ0n) is 14.5. The van der Waals surface area contributed by atoms with Crippen molar-refractivity contribution in [1.29, 1.82) is 0 Å². The van der Waals surface area contributed by atoms with Crippen LogP contribution in [0.3, 0.4) is 0 Å². The Balaban J connectivity index is 1.94. The van der Waals surface area contributed by atoms with Crippen molar-refractivity contribution in [2.75, 3.05) is 6.61 Å². The smallest absolute Gasteiger partial charge is 0.241 e. The SMILES string of the molecule is CCOc1ccc(S(=O)(=O)N[C@@H](C)C(=O)NCc2ccc(Cl)cc2)cc1. The monoisotopic (exact) mass is 396 g/mol. The summed E-state index contributed by atoms with van der Waals surface area (Å²) in [4.78, 5) is 12.2. The summed E-state index contributed by atoms with van der Waals surface area (Å²) < 4.78 is 32.4. The van der Waals surface area contributed by atoms with Crippen molar-refractivity contribution in [1.82, 2.24) is 10.0 Å². The summed E-state index contributed by atoms with van der Waals surface area (Å²) in [5.41, 5.74) is 0.865. The average molecular weight is 397 g/mol. The Morgan fingerprint density at radius 2 is 1.73 bits per heavy atom. The molecule has 0 spiro atoms. The number of carbonyl (C=O) groups excluding carboxylic acids is 1. The highest BCUT2D eigenvalue weighted by Gasteiger charge is 2.21. The van der Waals surface area contributed by atoms with Crippen molar-refractivity contribution < 1.29 is 17.9 Å². The van der Waals surface area contributed by atoms with Gasteiger partial charge in [-0.05, 0) is 55.8 Å². The van der Waals surface area contributed by atoms with Crippen LogP contribution in [-0.4, -0.2) is 27.0 Å². The largest absolute Gasteiger partial charge is 0.494 e. The third-order valence-electron chi connectivity index (χ3n) is 3.55. The van der Waals surface area contributed by atoms with E-state index in [2.05, 4.69) is 10.0 Å². The van der Waals surface area contributed by atoms with Gasteiger partial charge in [-0.25, -0.2) is 8.42 Å². The van der Waals surface area contributed by atoms with E-state index < -0.39 is 22.0 Å². The molecule has 0 saturated heterocycles. The van der Waals surface area contributed by atoms with Gasteiger partial charge in [0.1, 0.15) is 5.75 Å². The Bertz CT molecular complexity index is 836. The molecule has 0 aliphatic rings. The number of amides is 1. The van der Waals surface area contributed by atoms with E-state index in [1.54, 1.807) is 36.4 Å². The highest BCUT2D eigenvalue weighted by molar-refractivity contribution is 7.89. The minimum absolute atomic E-state index is 0.0679. The first-order valence-corrected chi connectivity index (χ1v) is 9.95. The molecule has 0 unspecified atom stereocenters. The molecule has 140 valence electrons. The number of hydrogen-bond donors (Lipinski definition) is 2. The van der Waals surface area contributed by atoms with E-state index in [4.69, 9.17) is 16.3 Å². The van der Waals surface area contributed by atoms with Gasteiger partial charge in [0.2, 0.25) is 15.9 Å². The van der Waals surface area contributed by atoms with E-state index in [0.29, 0.717) is 17.4 Å². The molecule has 0 bridgehead atoms. The molecular weight excluding hydrogens is 376 g/mol. The number of benzene rings is 2. The lowest BCUT2D eigenvalue weighted by Gasteiger charge is -2.15. The van der Waals surface area contributed by atoms with E-state index >= 15 is 0 Å². The first kappa shape index (κ1) is 20.2. The molecule has 2 N–H and O–H groups in total. The molecule has 0 aromatic heterocycles. The molecule has 2 aromatic rings. The summed E-state index contributed by atoms with van der Waals surface area (Å²) in [6, 6.07) is 12.1. The first-order valence-electron chi connectivity index (χ1n) is 8.09. The molecule has 0 saturated carbocycles. The molecule has 0 radical (unpaired) electrons. The van der Waals surface area contributed by atoms with Crippen LogP contribution < -0.4 is 14.8 Å². The van der Waals surface area contributed by atoms with E-state index in [0.717, 1.165) is 5.56 Å². The standard InChI is InChI=1S/C18H21ClN2O4S/c1-3-25-16-8-10-17(11-9-16)26(23,24)21-13(2)18(22)20-12-14-4-6-15(19)7-5-14/h4-11,13,21H,3,12H2,1-2H3,(H,20,22)/t13-/m0/s1.